The minimum atomic E-state index is 0.143. The van der Waals surface area contributed by atoms with Gasteiger partial charge in [0.05, 0.1) is 0 Å². The molecule has 1 aliphatic carbocycles. The van der Waals surface area contributed by atoms with Crippen LogP contribution in [-0.4, -0.2) is 23.1 Å². The Morgan fingerprint density at radius 3 is 2.43 bits per heavy atom. The van der Waals surface area contributed by atoms with Gasteiger partial charge in [-0.3, -0.25) is 0 Å². The topological polar surface area (TPSA) is 28.2 Å². The molecular weight excluding hydrogens is 258 g/mol. The molecule has 0 radical (unpaired) electrons. The summed E-state index contributed by atoms with van der Waals surface area (Å²) in [5, 5.41) is 3.54. The normalized spacial score (nSPS) is 16.4. The predicted octanol–water partition coefficient (Wildman–Crippen LogP) is 4.05. The van der Waals surface area contributed by atoms with E-state index in [2.05, 4.69) is 57.0 Å². The summed E-state index contributed by atoms with van der Waals surface area (Å²) >= 11 is 0. The smallest absolute Gasteiger partial charge is 0.129 e. The van der Waals surface area contributed by atoms with Crippen LogP contribution in [0.2, 0.25) is 0 Å². The van der Waals surface area contributed by atoms with E-state index in [9.17, 15) is 0 Å². The molecule has 1 saturated carbocycles. The predicted molar refractivity (Wildman–Crippen MR) is 90.8 cm³/mol. The van der Waals surface area contributed by atoms with Crippen LogP contribution in [-0.2, 0) is 6.54 Å². The second-order valence-electron chi connectivity index (χ2n) is 7.24. The molecule has 0 atom stereocenters. The van der Waals surface area contributed by atoms with E-state index in [1.165, 1.54) is 31.2 Å². The lowest BCUT2D eigenvalue weighted by molar-refractivity contribution is 0.423. The molecule has 1 aromatic rings. The Labute approximate surface area is 130 Å². The number of aromatic nitrogens is 1. The molecule has 1 heterocycles. The van der Waals surface area contributed by atoms with Crippen molar-refractivity contribution < 1.29 is 0 Å². The number of hydrogen-bond donors (Lipinski definition) is 1. The summed E-state index contributed by atoms with van der Waals surface area (Å²) in [4.78, 5) is 7.36. The average molecular weight is 289 g/mol. The molecular formula is C18H31N3. The molecule has 0 bridgehead atoms. The van der Waals surface area contributed by atoms with Crippen molar-refractivity contribution >= 4 is 5.82 Å². The highest BCUT2D eigenvalue weighted by molar-refractivity contribution is 5.43. The van der Waals surface area contributed by atoms with Crippen molar-refractivity contribution in [1.29, 1.82) is 0 Å². The molecule has 3 nitrogen and oxygen atoms in total. The quantitative estimate of drug-likeness (QED) is 0.886. The van der Waals surface area contributed by atoms with Gasteiger partial charge in [0.2, 0.25) is 0 Å². The first-order valence-corrected chi connectivity index (χ1v) is 8.39. The summed E-state index contributed by atoms with van der Waals surface area (Å²) in [6.07, 6.45) is 5.38. The number of hydrogen-bond acceptors (Lipinski definition) is 3. The Morgan fingerprint density at radius 1 is 1.24 bits per heavy atom. The number of nitrogens with zero attached hydrogens (tertiary/aromatic N) is 2. The van der Waals surface area contributed by atoms with E-state index in [0.717, 1.165) is 24.6 Å². The van der Waals surface area contributed by atoms with E-state index >= 15 is 0 Å². The lowest BCUT2D eigenvalue weighted by Crippen LogP contribution is -2.36. The van der Waals surface area contributed by atoms with Crippen molar-refractivity contribution in [1.82, 2.24) is 10.3 Å². The van der Waals surface area contributed by atoms with Gasteiger partial charge in [0.1, 0.15) is 5.82 Å². The third-order valence-corrected chi connectivity index (χ3v) is 4.39. The molecule has 1 aromatic heterocycles. The highest BCUT2D eigenvalue weighted by Crippen LogP contribution is 2.27. The lowest BCUT2D eigenvalue weighted by Gasteiger charge is -2.29. The Bertz CT molecular complexity index is 456. The highest BCUT2D eigenvalue weighted by atomic mass is 15.2. The van der Waals surface area contributed by atoms with Crippen molar-refractivity contribution in [3.63, 3.8) is 0 Å². The van der Waals surface area contributed by atoms with Crippen molar-refractivity contribution in [3.8, 4) is 0 Å². The highest BCUT2D eigenvalue weighted by Gasteiger charge is 2.22. The summed E-state index contributed by atoms with van der Waals surface area (Å²) in [6.45, 7) is 12.9. The third-order valence-electron chi connectivity index (χ3n) is 4.39. The van der Waals surface area contributed by atoms with Crippen molar-refractivity contribution in [2.45, 2.75) is 78.4 Å². The van der Waals surface area contributed by atoms with Gasteiger partial charge in [0.15, 0.2) is 0 Å². The Balaban J connectivity index is 2.10. The van der Waals surface area contributed by atoms with Gasteiger partial charge in [0.25, 0.3) is 0 Å². The fraction of sp³-hybridized carbons (Fsp3) is 0.722. The van der Waals surface area contributed by atoms with E-state index in [1.807, 2.05) is 0 Å². The van der Waals surface area contributed by atoms with Crippen LogP contribution in [0.15, 0.2) is 12.1 Å². The summed E-state index contributed by atoms with van der Waals surface area (Å²) in [5.74, 6) is 1.15. The van der Waals surface area contributed by atoms with Crippen LogP contribution in [0, 0.1) is 6.92 Å². The SMILES string of the molecule is CCN(c1ccc(CNC(C)(C)C)c(C)n1)C1CCCC1. The molecule has 21 heavy (non-hydrogen) atoms. The number of aryl methyl sites for hydroxylation is 1. The first-order valence-electron chi connectivity index (χ1n) is 8.39. The van der Waals surface area contributed by atoms with Crippen molar-refractivity contribution in [3.05, 3.63) is 23.4 Å². The average Bonchev–Trinajstić information content (AvgIpc) is 2.91. The van der Waals surface area contributed by atoms with Crippen LogP contribution in [0.5, 0.6) is 0 Å². The zero-order valence-electron chi connectivity index (χ0n) is 14.4. The molecule has 1 aliphatic rings. The van der Waals surface area contributed by atoms with E-state index in [1.54, 1.807) is 0 Å². The third kappa shape index (κ3) is 4.44. The Hall–Kier alpha value is -1.09. The fourth-order valence-corrected chi connectivity index (χ4v) is 3.11. The molecule has 0 aliphatic heterocycles. The van der Waals surface area contributed by atoms with Crippen LogP contribution in [0.1, 0.15) is 64.6 Å². The zero-order chi connectivity index (χ0) is 15.5. The number of anilines is 1. The van der Waals surface area contributed by atoms with Crippen LogP contribution in [0.4, 0.5) is 5.82 Å². The standard InChI is InChI=1S/C18H31N3/c1-6-21(16-9-7-8-10-16)17-12-11-15(14(2)20-17)13-19-18(3,4)5/h11-12,16,19H,6-10,13H2,1-5H3. The van der Waals surface area contributed by atoms with Crippen LogP contribution in [0.25, 0.3) is 0 Å². The minimum Gasteiger partial charge on any atom is -0.354 e. The van der Waals surface area contributed by atoms with Gasteiger partial charge >= 0.3 is 0 Å². The van der Waals surface area contributed by atoms with E-state index in [0.29, 0.717) is 6.04 Å². The fourth-order valence-electron chi connectivity index (χ4n) is 3.11. The first kappa shape index (κ1) is 16.3. The van der Waals surface area contributed by atoms with Gasteiger partial charge in [-0.1, -0.05) is 18.9 Å². The molecule has 1 fully saturated rings. The first-order chi connectivity index (χ1) is 9.90. The second-order valence-corrected chi connectivity index (χ2v) is 7.24. The Kier molecular flexibility index (Phi) is 5.26. The Morgan fingerprint density at radius 2 is 1.90 bits per heavy atom. The zero-order valence-corrected chi connectivity index (χ0v) is 14.4. The minimum absolute atomic E-state index is 0.143. The molecule has 0 saturated heterocycles. The largest absolute Gasteiger partial charge is 0.354 e. The lowest BCUT2D eigenvalue weighted by atomic mass is 10.1. The molecule has 1 N–H and O–H groups in total. The molecule has 118 valence electrons. The molecule has 0 amide bonds. The molecule has 0 unspecified atom stereocenters. The van der Waals surface area contributed by atoms with Crippen molar-refractivity contribution in [2.75, 3.05) is 11.4 Å². The molecule has 0 aromatic carbocycles. The van der Waals surface area contributed by atoms with Gasteiger partial charge < -0.3 is 10.2 Å². The molecule has 3 heteroatoms. The maximum absolute atomic E-state index is 4.88. The number of rotatable bonds is 5. The van der Waals surface area contributed by atoms with Gasteiger partial charge in [-0.05, 0) is 59.1 Å². The van der Waals surface area contributed by atoms with Crippen LogP contribution >= 0.6 is 0 Å². The summed E-state index contributed by atoms with van der Waals surface area (Å²) < 4.78 is 0. The summed E-state index contributed by atoms with van der Waals surface area (Å²) in [5.41, 5.74) is 2.60. The van der Waals surface area contributed by atoms with Crippen LogP contribution < -0.4 is 10.2 Å². The van der Waals surface area contributed by atoms with Gasteiger partial charge in [-0.25, -0.2) is 4.98 Å². The van der Waals surface area contributed by atoms with E-state index in [4.69, 9.17) is 4.98 Å². The number of pyridine rings is 1. The summed E-state index contributed by atoms with van der Waals surface area (Å²) in [6, 6.07) is 5.14. The summed E-state index contributed by atoms with van der Waals surface area (Å²) in [7, 11) is 0. The van der Waals surface area contributed by atoms with Crippen molar-refractivity contribution in [2.24, 2.45) is 0 Å². The maximum atomic E-state index is 4.88. The van der Waals surface area contributed by atoms with Crippen LogP contribution in [0.3, 0.4) is 0 Å². The maximum Gasteiger partial charge on any atom is 0.129 e. The van der Waals surface area contributed by atoms with E-state index < -0.39 is 0 Å². The van der Waals surface area contributed by atoms with Gasteiger partial charge in [-0.15, -0.1) is 0 Å². The monoisotopic (exact) mass is 289 g/mol. The molecule has 0 spiro atoms. The number of nitrogens with one attached hydrogen (secondary N) is 1. The van der Waals surface area contributed by atoms with Gasteiger partial charge in [0, 0.05) is 30.4 Å². The van der Waals surface area contributed by atoms with E-state index in [-0.39, 0.29) is 5.54 Å². The molecule has 2 rings (SSSR count). The second kappa shape index (κ2) is 6.78. The van der Waals surface area contributed by atoms with Gasteiger partial charge in [-0.2, -0.15) is 0 Å².